The van der Waals surface area contributed by atoms with Gasteiger partial charge in [0.2, 0.25) is 5.95 Å². The molecule has 3 nitrogen and oxygen atoms in total. The first-order valence-electron chi connectivity index (χ1n) is 5.85. The highest BCUT2D eigenvalue weighted by Gasteiger charge is 2.09. The number of aromatic amines is 1. The van der Waals surface area contributed by atoms with Gasteiger partial charge in [0.15, 0.2) is 0 Å². The second kappa shape index (κ2) is 4.68. The number of imidazole rings is 1. The van der Waals surface area contributed by atoms with Crippen LogP contribution < -0.4 is 5.32 Å². The normalized spacial score (nSPS) is 10.8. The largest absolute Gasteiger partial charge is 0.352 e. The summed E-state index contributed by atoms with van der Waals surface area (Å²) in [6.07, 6.45) is 0. The molecule has 0 radical (unpaired) electrons. The topological polar surface area (TPSA) is 40.7 Å². The van der Waals surface area contributed by atoms with E-state index in [-0.39, 0.29) is 12.1 Å². The molecular formula is C14H11F2N3. The van der Waals surface area contributed by atoms with Gasteiger partial charge in [-0.05, 0) is 24.3 Å². The van der Waals surface area contributed by atoms with E-state index in [0.717, 1.165) is 11.0 Å². The van der Waals surface area contributed by atoms with Crippen molar-refractivity contribution in [1.29, 1.82) is 0 Å². The number of anilines is 1. The summed E-state index contributed by atoms with van der Waals surface area (Å²) in [4.78, 5) is 7.31. The highest BCUT2D eigenvalue weighted by molar-refractivity contribution is 5.77. The summed E-state index contributed by atoms with van der Waals surface area (Å²) >= 11 is 0. The van der Waals surface area contributed by atoms with Crippen molar-refractivity contribution >= 4 is 17.0 Å². The molecule has 0 bridgehead atoms. The van der Waals surface area contributed by atoms with Gasteiger partial charge < -0.3 is 10.3 Å². The van der Waals surface area contributed by atoms with Crippen LogP contribution in [0.25, 0.3) is 11.0 Å². The Morgan fingerprint density at radius 1 is 1.00 bits per heavy atom. The van der Waals surface area contributed by atoms with Gasteiger partial charge in [0.25, 0.3) is 0 Å². The number of aromatic nitrogens is 2. The molecule has 0 amide bonds. The number of fused-ring (bicyclic) bond motifs is 1. The lowest BCUT2D eigenvalue weighted by Gasteiger charge is -2.05. The SMILES string of the molecule is Fc1cccc(F)c1CNc1nc2ccccc2[nH]1. The molecule has 0 unspecified atom stereocenters. The smallest absolute Gasteiger partial charge is 0.201 e. The number of benzene rings is 2. The summed E-state index contributed by atoms with van der Waals surface area (Å²) in [6.45, 7) is 0.0400. The number of halogens is 2. The molecule has 1 aromatic heterocycles. The molecule has 5 heteroatoms. The summed E-state index contributed by atoms with van der Waals surface area (Å²) < 4.78 is 26.9. The molecule has 0 fully saturated rings. The highest BCUT2D eigenvalue weighted by Crippen LogP contribution is 2.16. The van der Waals surface area contributed by atoms with Gasteiger partial charge in [0.1, 0.15) is 11.6 Å². The van der Waals surface area contributed by atoms with Crippen molar-refractivity contribution in [3.63, 3.8) is 0 Å². The zero-order valence-corrected chi connectivity index (χ0v) is 9.95. The van der Waals surface area contributed by atoms with E-state index in [2.05, 4.69) is 15.3 Å². The van der Waals surface area contributed by atoms with Crippen molar-refractivity contribution in [2.45, 2.75) is 6.54 Å². The van der Waals surface area contributed by atoms with Crippen molar-refractivity contribution in [2.75, 3.05) is 5.32 Å². The Balaban J connectivity index is 1.82. The summed E-state index contributed by atoms with van der Waals surface area (Å²) in [5, 5.41) is 2.89. The van der Waals surface area contributed by atoms with Gasteiger partial charge >= 0.3 is 0 Å². The Labute approximate surface area is 108 Å². The van der Waals surface area contributed by atoms with Crippen molar-refractivity contribution < 1.29 is 8.78 Å². The van der Waals surface area contributed by atoms with Crippen LogP contribution in [0, 0.1) is 11.6 Å². The zero-order chi connectivity index (χ0) is 13.2. The van der Waals surface area contributed by atoms with Crippen LogP contribution in [0.3, 0.4) is 0 Å². The molecule has 0 atom stereocenters. The molecule has 19 heavy (non-hydrogen) atoms. The summed E-state index contributed by atoms with van der Waals surface area (Å²) in [6, 6.07) is 11.3. The highest BCUT2D eigenvalue weighted by atomic mass is 19.1. The van der Waals surface area contributed by atoms with E-state index in [1.165, 1.54) is 18.2 Å². The lowest BCUT2D eigenvalue weighted by atomic mass is 10.2. The van der Waals surface area contributed by atoms with Crippen LogP contribution in [0.2, 0.25) is 0 Å². The van der Waals surface area contributed by atoms with Gasteiger partial charge in [-0.25, -0.2) is 13.8 Å². The molecule has 2 N–H and O–H groups in total. The van der Waals surface area contributed by atoms with Crippen LogP contribution >= 0.6 is 0 Å². The second-order valence-electron chi connectivity index (χ2n) is 4.16. The maximum Gasteiger partial charge on any atom is 0.201 e. The number of rotatable bonds is 3. The Hall–Kier alpha value is -2.43. The predicted molar refractivity (Wildman–Crippen MR) is 69.8 cm³/mol. The number of nitrogens with one attached hydrogen (secondary N) is 2. The molecule has 0 aliphatic heterocycles. The molecule has 96 valence electrons. The monoisotopic (exact) mass is 259 g/mol. The fourth-order valence-corrected chi connectivity index (χ4v) is 1.91. The first kappa shape index (κ1) is 11.6. The molecule has 0 aliphatic carbocycles. The van der Waals surface area contributed by atoms with Crippen LogP contribution in [0.4, 0.5) is 14.7 Å². The molecule has 0 spiro atoms. The lowest BCUT2D eigenvalue weighted by molar-refractivity contribution is 0.560. The number of hydrogen-bond acceptors (Lipinski definition) is 2. The van der Waals surface area contributed by atoms with Crippen LogP contribution in [-0.4, -0.2) is 9.97 Å². The van der Waals surface area contributed by atoms with Crippen LogP contribution in [-0.2, 0) is 6.54 Å². The summed E-state index contributed by atoms with van der Waals surface area (Å²) in [7, 11) is 0. The standard InChI is InChI=1S/C14H11F2N3/c15-10-4-3-5-11(16)9(10)8-17-14-18-12-6-1-2-7-13(12)19-14/h1-7H,8H2,(H2,17,18,19). The number of H-pyrrole nitrogens is 1. The van der Waals surface area contributed by atoms with Gasteiger partial charge in [-0.2, -0.15) is 0 Å². The number of hydrogen-bond donors (Lipinski definition) is 2. The van der Waals surface area contributed by atoms with Crippen LogP contribution in [0.5, 0.6) is 0 Å². The molecule has 0 saturated carbocycles. The third-order valence-corrected chi connectivity index (χ3v) is 2.88. The van der Waals surface area contributed by atoms with Crippen LogP contribution in [0.15, 0.2) is 42.5 Å². The van der Waals surface area contributed by atoms with Crippen molar-refractivity contribution in [1.82, 2.24) is 9.97 Å². The minimum Gasteiger partial charge on any atom is -0.352 e. The van der Waals surface area contributed by atoms with E-state index in [1.54, 1.807) is 0 Å². The molecule has 2 aromatic carbocycles. The van der Waals surface area contributed by atoms with Gasteiger partial charge in [0.05, 0.1) is 11.0 Å². The van der Waals surface area contributed by atoms with Gasteiger partial charge in [-0.1, -0.05) is 18.2 Å². The molecule has 0 saturated heterocycles. The molecule has 3 rings (SSSR count). The van der Waals surface area contributed by atoms with E-state index in [1.807, 2.05) is 24.3 Å². The van der Waals surface area contributed by atoms with E-state index < -0.39 is 11.6 Å². The Morgan fingerprint density at radius 3 is 2.47 bits per heavy atom. The van der Waals surface area contributed by atoms with Crippen molar-refractivity contribution in [3.05, 3.63) is 59.7 Å². The molecule has 0 aliphatic rings. The third-order valence-electron chi connectivity index (χ3n) is 2.88. The van der Waals surface area contributed by atoms with Gasteiger partial charge in [-0.3, -0.25) is 0 Å². The van der Waals surface area contributed by atoms with E-state index in [0.29, 0.717) is 5.95 Å². The Bertz CT molecular complexity index is 668. The predicted octanol–water partition coefficient (Wildman–Crippen LogP) is 3.45. The quantitative estimate of drug-likeness (QED) is 0.756. The number of para-hydroxylation sites is 2. The van der Waals surface area contributed by atoms with Crippen molar-refractivity contribution in [3.8, 4) is 0 Å². The van der Waals surface area contributed by atoms with Crippen molar-refractivity contribution in [2.24, 2.45) is 0 Å². The molecular weight excluding hydrogens is 248 g/mol. The van der Waals surface area contributed by atoms with Gasteiger partial charge in [0, 0.05) is 12.1 Å². The first-order chi connectivity index (χ1) is 9.24. The van der Waals surface area contributed by atoms with E-state index in [4.69, 9.17) is 0 Å². The van der Waals surface area contributed by atoms with E-state index >= 15 is 0 Å². The Kier molecular flexibility index (Phi) is 2.87. The summed E-state index contributed by atoms with van der Waals surface area (Å²) in [5.41, 5.74) is 1.68. The molecule has 1 heterocycles. The average Bonchev–Trinajstić information content (AvgIpc) is 2.81. The minimum absolute atomic E-state index is 0.00274. The van der Waals surface area contributed by atoms with Gasteiger partial charge in [-0.15, -0.1) is 0 Å². The third kappa shape index (κ3) is 2.27. The lowest BCUT2D eigenvalue weighted by Crippen LogP contribution is -2.05. The first-order valence-corrected chi connectivity index (χ1v) is 5.85. The maximum atomic E-state index is 13.4. The second-order valence-corrected chi connectivity index (χ2v) is 4.16. The fraction of sp³-hybridized carbons (Fsp3) is 0.0714. The average molecular weight is 259 g/mol. The van der Waals surface area contributed by atoms with Crippen LogP contribution in [0.1, 0.15) is 5.56 Å². The zero-order valence-electron chi connectivity index (χ0n) is 9.95. The molecule has 3 aromatic rings. The Morgan fingerprint density at radius 2 is 1.74 bits per heavy atom. The number of nitrogens with zero attached hydrogens (tertiary/aromatic N) is 1. The summed E-state index contributed by atoms with van der Waals surface area (Å²) in [5.74, 6) is -0.643. The minimum atomic E-state index is -0.566. The van der Waals surface area contributed by atoms with E-state index in [9.17, 15) is 8.78 Å². The maximum absolute atomic E-state index is 13.4. The fourth-order valence-electron chi connectivity index (χ4n) is 1.91.